The molecule has 1 aromatic heterocycles. The van der Waals surface area contributed by atoms with Crippen molar-refractivity contribution < 1.29 is 9.59 Å². The van der Waals surface area contributed by atoms with Crippen molar-refractivity contribution in [2.24, 2.45) is 0 Å². The van der Waals surface area contributed by atoms with E-state index in [9.17, 15) is 9.59 Å². The number of benzene rings is 3. The van der Waals surface area contributed by atoms with Gasteiger partial charge in [0.1, 0.15) is 12.6 Å². The lowest BCUT2D eigenvalue weighted by atomic mass is 9.97. The van der Waals surface area contributed by atoms with Gasteiger partial charge < -0.3 is 14.8 Å². The van der Waals surface area contributed by atoms with E-state index in [-0.39, 0.29) is 30.6 Å². The molecule has 1 N–H and O–H groups in total. The zero-order valence-corrected chi connectivity index (χ0v) is 22.2. The van der Waals surface area contributed by atoms with Crippen LogP contribution in [0.15, 0.2) is 85.1 Å². The van der Waals surface area contributed by atoms with Crippen LogP contribution in [0, 0.1) is 13.8 Å². The summed E-state index contributed by atoms with van der Waals surface area (Å²) in [5.41, 5.74) is 6.50. The third-order valence-electron chi connectivity index (χ3n) is 7.33. The Labute approximate surface area is 227 Å². The van der Waals surface area contributed by atoms with Gasteiger partial charge in [-0.2, -0.15) is 0 Å². The van der Waals surface area contributed by atoms with Crippen LogP contribution in [-0.4, -0.2) is 34.0 Å². The van der Waals surface area contributed by atoms with Crippen LogP contribution in [0.3, 0.4) is 0 Å². The van der Waals surface area contributed by atoms with E-state index in [0.717, 1.165) is 52.3 Å². The molecule has 38 heavy (non-hydrogen) atoms. The third-order valence-corrected chi connectivity index (χ3v) is 7.57. The second-order valence-corrected chi connectivity index (χ2v) is 10.6. The molecule has 6 nitrogen and oxygen atoms in total. The van der Waals surface area contributed by atoms with Crippen LogP contribution in [0.25, 0.3) is 5.69 Å². The Kier molecular flexibility index (Phi) is 6.20. The molecule has 1 fully saturated rings. The highest BCUT2D eigenvalue weighted by atomic mass is 35.5. The Balaban J connectivity index is 1.36. The molecule has 1 atom stereocenters. The number of nitrogens with zero attached hydrogens (tertiary/aromatic N) is 3. The van der Waals surface area contributed by atoms with Crippen molar-refractivity contribution in [3.8, 4) is 5.69 Å². The highest BCUT2D eigenvalue weighted by molar-refractivity contribution is 6.30. The van der Waals surface area contributed by atoms with Gasteiger partial charge in [0.05, 0.1) is 17.1 Å². The van der Waals surface area contributed by atoms with Gasteiger partial charge in [-0.1, -0.05) is 53.6 Å². The quantitative estimate of drug-likeness (QED) is 0.309. The number of hydrogen-bond donors (Lipinski definition) is 1. The SMILES string of the molecule is Cc1ccc(NC(=O)N(CC(=O)N2c3ccccc3-n3cccc3[C@H]2c2cccc(Cl)c2)C2CC2)c(C)c1. The molecule has 1 aliphatic carbocycles. The fourth-order valence-corrected chi connectivity index (χ4v) is 5.57. The first-order valence-electron chi connectivity index (χ1n) is 12.9. The number of carbonyl (C=O) groups excluding carboxylic acids is 2. The molecule has 3 aromatic carbocycles. The van der Waals surface area contributed by atoms with Gasteiger partial charge in [-0.3, -0.25) is 9.69 Å². The first kappa shape index (κ1) is 24.3. The molecule has 3 amide bonds. The van der Waals surface area contributed by atoms with Crippen molar-refractivity contribution in [2.75, 3.05) is 16.8 Å². The molecule has 1 aliphatic heterocycles. The van der Waals surface area contributed by atoms with Gasteiger partial charge in [-0.05, 0) is 80.3 Å². The van der Waals surface area contributed by atoms with Crippen LogP contribution < -0.4 is 10.2 Å². The molecule has 0 bridgehead atoms. The summed E-state index contributed by atoms with van der Waals surface area (Å²) < 4.78 is 2.12. The highest BCUT2D eigenvalue weighted by Crippen LogP contribution is 2.43. The van der Waals surface area contributed by atoms with Crippen molar-refractivity contribution >= 4 is 34.9 Å². The summed E-state index contributed by atoms with van der Waals surface area (Å²) in [5, 5.41) is 3.65. The molecule has 192 valence electrons. The molecule has 0 radical (unpaired) electrons. The fourth-order valence-electron chi connectivity index (χ4n) is 5.37. The number of aryl methyl sites for hydroxylation is 2. The number of rotatable bonds is 5. The topological polar surface area (TPSA) is 57.6 Å². The number of carbonyl (C=O) groups is 2. The van der Waals surface area contributed by atoms with Crippen molar-refractivity contribution in [1.82, 2.24) is 9.47 Å². The summed E-state index contributed by atoms with van der Waals surface area (Å²) in [5.74, 6) is -0.141. The van der Waals surface area contributed by atoms with E-state index in [2.05, 4.69) is 9.88 Å². The Morgan fingerprint density at radius 1 is 0.947 bits per heavy atom. The Morgan fingerprint density at radius 3 is 2.47 bits per heavy atom. The molecular formula is C31H29ClN4O2. The average Bonchev–Trinajstić information content (AvgIpc) is 3.63. The Bertz CT molecular complexity index is 1540. The average molecular weight is 525 g/mol. The van der Waals surface area contributed by atoms with E-state index in [1.807, 2.05) is 104 Å². The maximum absolute atomic E-state index is 14.2. The number of urea groups is 1. The van der Waals surface area contributed by atoms with E-state index in [0.29, 0.717) is 5.02 Å². The number of amides is 3. The second kappa shape index (κ2) is 9.69. The summed E-state index contributed by atoms with van der Waals surface area (Å²) in [6.07, 6.45) is 3.80. The molecule has 6 rings (SSSR count). The molecule has 0 spiro atoms. The summed E-state index contributed by atoms with van der Waals surface area (Å²) in [6, 6.07) is 24.9. The Hall–Kier alpha value is -4.03. The van der Waals surface area contributed by atoms with Gasteiger partial charge >= 0.3 is 6.03 Å². The number of nitrogens with one attached hydrogen (secondary N) is 1. The predicted octanol–water partition coefficient (Wildman–Crippen LogP) is 6.88. The molecule has 4 aromatic rings. The minimum Gasteiger partial charge on any atom is -0.316 e. The third kappa shape index (κ3) is 4.45. The molecule has 7 heteroatoms. The summed E-state index contributed by atoms with van der Waals surface area (Å²) in [4.78, 5) is 31.2. The maximum atomic E-state index is 14.2. The summed E-state index contributed by atoms with van der Waals surface area (Å²) in [7, 11) is 0. The fraction of sp³-hybridized carbons (Fsp3) is 0.226. The van der Waals surface area contributed by atoms with Crippen LogP contribution in [0.5, 0.6) is 0 Å². The normalized spacial score (nSPS) is 16.0. The van der Waals surface area contributed by atoms with E-state index in [4.69, 9.17) is 11.6 Å². The summed E-state index contributed by atoms with van der Waals surface area (Å²) in [6.45, 7) is 3.98. The first-order valence-corrected chi connectivity index (χ1v) is 13.3. The minimum absolute atomic E-state index is 0.0203. The van der Waals surface area contributed by atoms with E-state index in [1.165, 1.54) is 0 Å². The van der Waals surface area contributed by atoms with Crippen molar-refractivity contribution in [3.63, 3.8) is 0 Å². The predicted molar refractivity (Wildman–Crippen MR) is 151 cm³/mol. The molecule has 2 aliphatic rings. The zero-order valence-electron chi connectivity index (χ0n) is 21.4. The molecule has 1 saturated carbocycles. The maximum Gasteiger partial charge on any atom is 0.322 e. The van der Waals surface area contributed by atoms with Crippen LogP contribution in [0.1, 0.15) is 41.3 Å². The van der Waals surface area contributed by atoms with Gasteiger partial charge in [0.15, 0.2) is 0 Å². The van der Waals surface area contributed by atoms with Gasteiger partial charge in [0, 0.05) is 22.9 Å². The monoisotopic (exact) mass is 524 g/mol. The first-order chi connectivity index (χ1) is 18.4. The molecule has 0 unspecified atom stereocenters. The molecule has 0 saturated heterocycles. The van der Waals surface area contributed by atoms with Crippen LogP contribution >= 0.6 is 11.6 Å². The lowest BCUT2D eigenvalue weighted by molar-refractivity contribution is -0.119. The smallest absolute Gasteiger partial charge is 0.316 e. The molecule has 2 heterocycles. The molecular weight excluding hydrogens is 496 g/mol. The second-order valence-electron chi connectivity index (χ2n) is 10.1. The van der Waals surface area contributed by atoms with Gasteiger partial charge in [0.2, 0.25) is 5.91 Å². The van der Waals surface area contributed by atoms with Crippen LogP contribution in [-0.2, 0) is 4.79 Å². The van der Waals surface area contributed by atoms with Crippen LogP contribution in [0.4, 0.5) is 16.2 Å². The lowest BCUT2D eigenvalue weighted by Gasteiger charge is -2.39. The zero-order chi connectivity index (χ0) is 26.4. The van der Waals surface area contributed by atoms with Crippen LogP contribution in [0.2, 0.25) is 5.02 Å². The highest BCUT2D eigenvalue weighted by Gasteiger charge is 2.40. The summed E-state index contributed by atoms with van der Waals surface area (Å²) >= 11 is 6.40. The standard InChI is InChI=1S/C31H29ClN4O2/c1-20-12-15-25(21(2)17-20)33-31(38)35(24-13-14-24)19-29(37)36-27-10-4-3-9-26(27)34-16-6-11-28(34)30(36)22-7-5-8-23(32)18-22/h3-12,15-18,24,30H,13-14,19H2,1-2H3,(H,33,38)/t30-/m1/s1. The van der Waals surface area contributed by atoms with E-state index in [1.54, 1.807) is 4.90 Å². The van der Waals surface area contributed by atoms with Gasteiger partial charge in [-0.15, -0.1) is 0 Å². The van der Waals surface area contributed by atoms with Crippen molar-refractivity contribution in [1.29, 1.82) is 0 Å². The largest absolute Gasteiger partial charge is 0.322 e. The lowest BCUT2D eigenvalue weighted by Crippen LogP contribution is -2.48. The van der Waals surface area contributed by atoms with Crippen molar-refractivity contribution in [3.05, 3.63) is 112 Å². The number of para-hydroxylation sites is 2. The van der Waals surface area contributed by atoms with E-state index >= 15 is 0 Å². The number of aromatic nitrogens is 1. The Morgan fingerprint density at radius 2 is 1.74 bits per heavy atom. The van der Waals surface area contributed by atoms with Gasteiger partial charge in [0.25, 0.3) is 0 Å². The number of halogens is 1. The number of fused-ring (bicyclic) bond motifs is 3. The minimum atomic E-state index is -0.380. The number of hydrogen-bond acceptors (Lipinski definition) is 2. The van der Waals surface area contributed by atoms with Crippen molar-refractivity contribution in [2.45, 2.75) is 38.8 Å². The number of anilines is 2. The van der Waals surface area contributed by atoms with Gasteiger partial charge in [-0.25, -0.2) is 4.79 Å². The van der Waals surface area contributed by atoms with E-state index < -0.39 is 0 Å².